The van der Waals surface area contributed by atoms with Crippen LogP contribution in [0.5, 0.6) is 0 Å². The lowest BCUT2D eigenvalue weighted by atomic mass is 10.2. The fraction of sp³-hybridized carbons (Fsp3) is 0.500. The van der Waals surface area contributed by atoms with Gasteiger partial charge in [0.2, 0.25) is 11.8 Å². The van der Waals surface area contributed by atoms with Gasteiger partial charge >= 0.3 is 0 Å². The van der Waals surface area contributed by atoms with Gasteiger partial charge in [0.15, 0.2) is 0 Å². The number of nitrogens with one attached hydrogen (secondary N) is 3. The summed E-state index contributed by atoms with van der Waals surface area (Å²) in [6.07, 6.45) is 0.945. The fourth-order valence-electron chi connectivity index (χ4n) is 2.61. The highest BCUT2D eigenvalue weighted by atomic mass is 19.3. The van der Waals surface area contributed by atoms with Gasteiger partial charge in [0.1, 0.15) is 5.82 Å². The number of pyridine rings is 1. The lowest BCUT2D eigenvalue weighted by molar-refractivity contribution is -0.120. The molecular formula is C14H17F2N5O2. The monoisotopic (exact) mass is 325 g/mol. The summed E-state index contributed by atoms with van der Waals surface area (Å²) in [6, 6.07) is 2.42. The van der Waals surface area contributed by atoms with Crippen LogP contribution in [0.15, 0.2) is 18.3 Å². The molecule has 0 radical (unpaired) electrons. The third-order valence-electron chi connectivity index (χ3n) is 3.80. The molecule has 1 unspecified atom stereocenters. The van der Waals surface area contributed by atoms with Crippen molar-refractivity contribution in [2.24, 2.45) is 0 Å². The number of anilines is 2. The van der Waals surface area contributed by atoms with Crippen molar-refractivity contribution in [3.8, 4) is 0 Å². The van der Waals surface area contributed by atoms with E-state index in [1.165, 1.54) is 6.20 Å². The first-order chi connectivity index (χ1) is 10.9. The molecule has 2 aliphatic rings. The number of piperazine rings is 1. The smallest absolute Gasteiger partial charge is 0.262 e. The van der Waals surface area contributed by atoms with E-state index in [1.54, 1.807) is 12.1 Å². The van der Waals surface area contributed by atoms with Crippen molar-refractivity contribution < 1.29 is 18.4 Å². The number of rotatable bonds is 3. The summed E-state index contributed by atoms with van der Waals surface area (Å²) in [4.78, 5) is 29.3. The average Bonchev–Trinajstić information content (AvgIpc) is 2.88. The highest BCUT2D eigenvalue weighted by Gasteiger charge is 2.42. The molecule has 1 aromatic heterocycles. The molecule has 1 atom stereocenters. The maximum Gasteiger partial charge on any atom is 0.262 e. The van der Waals surface area contributed by atoms with Gasteiger partial charge in [-0.25, -0.2) is 13.8 Å². The van der Waals surface area contributed by atoms with Crippen LogP contribution in [-0.4, -0.2) is 54.9 Å². The molecule has 23 heavy (non-hydrogen) atoms. The van der Waals surface area contributed by atoms with Gasteiger partial charge in [0.05, 0.1) is 31.0 Å². The van der Waals surface area contributed by atoms with E-state index in [0.29, 0.717) is 24.6 Å². The second-order valence-corrected chi connectivity index (χ2v) is 5.66. The number of hydrogen-bond donors (Lipinski definition) is 3. The van der Waals surface area contributed by atoms with E-state index in [9.17, 15) is 18.4 Å². The molecule has 3 N–H and O–H groups in total. The molecule has 0 aromatic carbocycles. The molecule has 2 aliphatic heterocycles. The van der Waals surface area contributed by atoms with Gasteiger partial charge in [-0.3, -0.25) is 14.9 Å². The predicted octanol–water partition coefficient (Wildman–Crippen LogP) is -0.0465. The van der Waals surface area contributed by atoms with Gasteiger partial charge < -0.3 is 15.5 Å². The van der Waals surface area contributed by atoms with Crippen LogP contribution in [0.25, 0.3) is 0 Å². The number of halogens is 2. The topological polar surface area (TPSA) is 86.4 Å². The van der Waals surface area contributed by atoms with Crippen molar-refractivity contribution in [3.63, 3.8) is 0 Å². The molecule has 2 fully saturated rings. The molecule has 0 spiro atoms. The zero-order valence-corrected chi connectivity index (χ0v) is 12.3. The van der Waals surface area contributed by atoms with Crippen molar-refractivity contribution in [1.82, 2.24) is 15.6 Å². The summed E-state index contributed by atoms with van der Waals surface area (Å²) in [7, 11) is 0. The summed E-state index contributed by atoms with van der Waals surface area (Å²) in [5.41, 5.74) is 0.428. The highest BCUT2D eigenvalue weighted by Crippen LogP contribution is 2.25. The van der Waals surface area contributed by atoms with Crippen LogP contribution in [0.2, 0.25) is 0 Å². The minimum atomic E-state index is -2.85. The van der Waals surface area contributed by atoms with E-state index in [1.807, 2.05) is 4.90 Å². The molecule has 3 heterocycles. The Kier molecular flexibility index (Phi) is 4.12. The molecule has 7 nitrogen and oxygen atoms in total. The van der Waals surface area contributed by atoms with Crippen molar-refractivity contribution in [2.75, 3.05) is 36.4 Å². The second-order valence-electron chi connectivity index (χ2n) is 5.66. The molecule has 2 saturated heterocycles. The summed E-state index contributed by atoms with van der Waals surface area (Å²) in [6.45, 7) is 0.963. The molecule has 0 aliphatic carbocycles. The summed E-state index contributed by atoms with van der Waals surface area (Å²) in [5.74, 6) is -2.79. The fourth-order valence-corrected chi connectivity index (χ4v) is 2.61. The lowest BCUT2D eigenvalue weighted by Crippen LogP contribution is -2.48. The number of carbonyl (C=O) groups is 2. The van der Waals surface area contributed by atoms with E-state index < -0.39 is 30.8 Å². The van der Waals surface area contributed by atoms with Gasteiger partial charge in [0, 0.05) is 19.5 Å². The number of hydrogen-bond acceptors (Lipinski definition) is 5. The first kappa shape index (κ1) is 15.6. The Bertz CT molecular complexity index is 608. The summed E-state index contributed by atoms with van der Waals surface area (Å²) < 4.78 is 26.2. The molecule has 9 heteroatoms. The van der Waals surface area contributed by atoms with Crippen molar-refractivity contribution in [2.45, 2.75) is 18.4 Å². The maximum atomic E-state index is 13.1. The Balaban J connectivity index is 1.59. The Morgan fingerprint density at radius 3 is 2.87 bits per heavy atom. The minimum absolute atomic E-state index is 0.0661. The summed E-state index contributed by atoms with van der Waals surface area (Å²) in [5, 5.41) is 7.79. The van der Waals surface area contributed by atoms with E-state index >= 15 is 0 Å². The molecular weight excluding hydrogens is 308 g/mol. The number of amides is 2. The van der Waals surface area contributed by atoms with E-state index in [4.69, 9.17) is 0 Å². The quantitative estimate of drug-likeness (QED) is 0.726. The van der Waals surface area contributed by atoms with Crippen molar-refractivity contribution >= 4 is 23.3 Å². The number of carbonyl (C=O) groups excluding carboxylic acids is 2. The third kappa shape index (κ3) is 3.73. The average molecular weight is 325 g/mol. The SMILES string of the molecule is O=C1CN(c2ccc(NC(=O)C3CC(F)(F)CN3)cn2)CCN1. The van der Waals surface area contributed by atoms with Crippen LogP contribution in [0, 0.1) is 0 Å². The molecule has 124 valence electrons. The van der Waals surface area contributed by atoms with Crippen molar-refractivity contribution in [3.05, 3.63) is 18.3 Å². The molecule has 0 saturated carbocycles. The predicted molar refractivity (Wildman–Crippen MR) is 79.4 cm³/mol. The van der Waals surface area contributed by atoms with E-state index in [0.717, 1.165) is 0 Å². The second kappa shape index (κ2) is 6.07. The number of alkyl halides is 2. The number of aromatic nitrogens is 1. The van der Waals surface area contributed by atoms with E-state index in [-0.39, 0.29) is 12.5 Å². The first-order valence-corrected chi connectivity index (χ1v) is 7.33. The molecule has 0 bridgehead atoms. The van der Waals surface area contributed by atoms with Crippen LogP contribution in [-0.2, 0) is 9.59 Å². The number of nitrogens with zero attached hydrogens (tertiary/aromatic N) is 2. The standard InChI is InChI=1S/C14H17F2N5O2/c15-14(16)5-10(19-8-14)13(23)20-9-1-2-11(18-6-9)21-4-3-17-12(22)7-21/h1-2,6,10,19H,3-5,7-8H2,(H,17,22)(H,20,23). The lowest BCUT2D eigenvalue weighted by Gasteiger charge is -2.27. The minimum Gasteiger partial charge on any atom is -0.353 e. The van der Waals surface area contributed by atoms with E-state index in [2.05, 4.69) is 20.9 Å². The molecule has 3 rings (SSSR count). The Morgan fingerprint density at radius 2 is 2.26 bits per heavy atom. The maximum absolute atomic E-state index is 13.1. The zero-order chi connectivity index (χ0) is 16.4. The molecule has 1 aromatic rings. The van der Waals surface area contributed by atoms with Gasteiger partial charge in [-0.15, -0.1) is 0 Å². The van der Waals surface area contributed by atoms with Crippen LogP contribution in [0.4, 0.5) is 20.3 Å². The normalized spacial score (nSPS) is 23.5. The Labute approximate surface area is 131 Å². The Morgan fingerprint density at radius 1 is 1.43 bits per heavy atom. The first-order valence-electron chi connectivity index (χ1n) is 7.33. The third-order valence-corrected chi connectivity index (χ3v) is 3.80. The Hall–Kier alpha value is -2.29. The van der Waals surface area contributed by atoms with Gasteiger partial charge in [0.25, 0.3) is 5.92 Å². The zero-order valence-electron chi connectivity index (χ0n) is 12.3. The van der Waals surface area contributed by atoms with Crippen molar-refractivity contribution in [1.29, 1.82) is 0 Å². The van der Waals surface area contributed by atoms with Crippen LogP contribution in [0.3, 0.4) is 0 Å². The van der Waals surface area contributed by atoms with Gasteiger partial charge in [-0.1, -0.05) is 0 Å². The van der Waals surface area contributed by atoms with Gasteiger partial charge in [-0.05, 0) is 12.1 Å². The van der Waals surface area contributed by atoms with Crippen LogP contribution < -0.4 is 20.9 Å². The summed E-state index contributed by atoms with van der Waals surface area (Å²) >= 11 is 0. The van der Waals surface area contributed by atoms with Crippen LogP contribution in [0.1, 0.15) is 6.42 Å². The highest BCUT2D eigenvalue weighted by molar-refractivity contribution is 5.95. The van der Waals surface area contributed by atoms with Gasteiger partial charge in [-0.2, -0.15) is 0 Å². The molecule has 2 amide bonds. The largest absolute Gasteiger partial charge is 0.353 e. The van der Waals surface area contributed by atoms with Crippen LogP contribution >= 0.6 is 0 Å².